The number of aliphatic hydroxyl groups excluding tert-OH is 1. The zero-order valence-corrected chi connectivity index (χ0v) is 14.8. The average Bonchev–Trinajstić information content (AvgIpc) is 2.52. The van der Waals surface area contributed by atoms with Gasteiger partial charge in [-0.05, 0) is 6.92 Å². The number of hydrogen-bond donors (Lipinski definition) is 3. The number of aliphatic carboxylic acids is 1. The summed E-state index contributed by atoms with van der Waals surface area (Å²) in [5.74, 6) is -53.5. The molecule has 18 heteroatoms. The Morgan fingerprint density at radius 1 is 0.677 bits per heavy atom. The third-order valence-electron chi connectivity index (χ3n) is 3.24. The fraction of sp³-hybridized carbons (Fsp3) is 0.769. The third-order valence-corrected chi connectivity index (χ3v) is 3.24. The smallest absolute Gasteiger partial charge is 0.384 e. The summed E-state index contributed by atoms with van der Waals surface area (Å²) in [5, 5.41) is 23.5. The predicted molar refractivity (Wildman–Crippen MR) is 71.0 cm³/mol. The molecule has 0 aromatic heterocycles. The number of hydrogen-bond acceptors (Lipinski definition) is 3. The van der Waals surface area contributed by atoms with E-state index < -0.39 is 60.6 Å². The molecule has 0 aromatic rings. The highest BCUT2D eigenvalue weighted by Gasteiger charge is 2.92. The van der Waals surface area contributed by atoms with Crippen LogP contribution >= 0.6 is 0 Å². The molecular weight excluding hydrogens is 486 g/mol. The molecule has 0 spiro atoms. The van der Waals surface area contributed by atoms with E-state index in [0.717, 1.165) is 0 Å². The van der Waals surface area contributed by atoms with Crippen molar-refractivity contribution in [2.24, 2.45) is 0 Å². The van der Waals surface area contributed by atoms with Gasteiger partial charge in [-0.3, -0.25) is 0 Å². The summed E-state index contributed by atoms with van der Waals surface area (Å²) < 4.78 is 179. The molecule has 0 unspecified atom stereocenters. The second-order valence-electron chi connectivity index (χ2n) is 5.84. The highest BCUT2D eigenvalue weighted by Crippen LogP contribution is 2.62. The molecule has 0 aliphatic carbocycles. The van der Waals surface area contributed by atoms with Crippen molar-refractivity contribution in [2.75, 3.05) is 0 Å². The molecule has 0 fully saturated rings. The minimum Gasteiger partial charge on any atom is -0.478 e. The van der Waals surface area contributed by atoms with Crippen LogP contribution in [0.15, 0.2) is 12.2 Å². The van der Waals surface area contributed by atoms with Gasteiger partial charge in [0.05, 0.1) is 0 Å². The fourth-order valence-corrected chi connectivity index (χ4v) is 1.24. The standard InChI is InChI=1S/C9H6F14O2.C4H6O2/c1-3(10,11)5(14,15)7(18,19)9(22,23)8(20,21)6(16,17)4(12,13)2(24)25;1-3(2)4(5)6/h2,24-25H,1H3;1H2,2H3,(H,5,6). The first-order valence-corrected chi connectivity index (χ1v) is 6.98. The van der Waals surface area contributed by atoms with E-state index in [4.69, 9.17) is 15.3 Å². The second-order valence-corrected chi connectivity index (χ2v) is 5.84. The van der Waals surface area contributed by atoms with Gasteiger partial charge in [0.1, 0.15) is 0 Å². The SMILES string of the molecule is C=C(C)C(=O)O.CC(F)(F)C(F)(F)C(F)(F)C(F)(F)C(F)(F)C(F)(F)C(F)(F)C(O)O. The Labute approximate surface area is 162 Å². The lowest BCUT2D eigenvalue weighted by molar-refractivity contribution is -0.450. The number of halogens is 14. The zero-order chi connectivity index (χ0) is 26.2. The van der Waals surface area contributed by atoms with Crippen LogP contribution in [0.4, 0.5) is 61.5 Å². The first-order chi connectivity index (χ1) is 13.1. The van der Waals surface area contributed by atoms with Gasteiger partial charge in [-0.15, -0.1) is 0 Å². The molecule has 31 heavy (non-hydrogen) atoms. The fourth-order valence-electron chi connectivity index (χ4n) is 1.24. The summed E-state index contributed by atoms with van der Waals surface area (Å²) in [7, 11) is 0. The minimum absolute atomic E-state index is 0.176. The highest BCUT2D eigenvalue weighted by atomic mass is 19.4. The quantitative estimate of drug-likeness (QED) is 0.263. The Bertz CT molecular complexity index is 654. The summed E-state index contributed by atoms with van der Waals surface area (Å²) in [6, 6.07) is 0. The molecule has 186 valence electrons. The third kappa shape index (κ3) is 4.98. The van der Waals surface area contributed by atoms with Gasteiger partial charge in [0, 0.05) is 12.5 Å². The van der Waals surface area contributed by atoms with Crippen LogP contribution in [0.25, 0.3) is 0 Å². The van der Waals surface area contributed by atoms with Crippen molar-refractivity contribution >= 4 is 5.97 Å². The van der Waals surface area contributed by atoms with E-state index in [1.54, 1.807) is 0 Å². The van der Waals surface area contributed by atoms with Crippen molar-refractivity contribution in [3.63, 3.8) is 0 Å². The monoisotopic (exact) mass is 498 g/mol. The molecule has 0 rings (SSSR count). The zero-order valence-electron chi connectivity index (χ0n) is 14.8. The molecule has 0 heterocycles. The molecular formula is C13H12F14O4. The van der Waals surface area contributed by atoms with E-state index in [1.165, 1.54) is 6.92 Å². The van der Waals surface area contributed by atoms with Crippen LogP contribution in [-0.2, 0) is 4.79 Å². The van der Waals surface area contributed by atoms with Crippen molar-refractivity contribution in [3.05, 3.63) is 12.2 Å². The topological polar surface area (TPSA) is 77.8 Å². The van der Waals surface area contributed by atoms with Gasteiger partial charge in [-0.25, -0.2) is 4.79 Å². The van der Waals surface area contributed by atoms with Crippen molar-refractivity contribution < 1.29 is 81.6 Å². The molecule has 0 bridgehead atoms. The van der Waals surface area contributed by atoms with E-state index in [9.17, 15) is 66.3 Å². The maximum atomic E-state index is 13.0. The highest BCUT2D eigenvalue weighted by molar-refractivity contribution is 5.84. The molecule has 3 N–H and O–H groups in total. The number of carboxylic acid groups (broad SMARTS) is 1. The Morgan fingerprint density at radius 2 is 0.903 bits per heavy atom. The van der Waals surface area contributed by atoms with Gasteiger partial charge in [0.25, 0.3) is 0 Å². The summed E-state index contributed by atoms with van der Waals surface area (Å²) >= 11 is 0. The van der Waals surface area contributed by atoms with Crippen molar-refractivity contribution in [3.8, 4) is 0 Å². The molecule has 0 atom stereocenters. The van der Waals surface area contributed by atoms with Crippen LogP contribution in [0.5, 0.6) is 0 Å². The molecule has 0 aromatic carbocycles. The number of rotatable bonds is 8. The van der Waals surface area contributed by atoms with Crippen molar-refractivity contribution in [1.82, 2.24) is 0 Å². The first-order valence-electron chi connectivity index (χ1n) is 6.98. The van der Waals surface area contributed by atoms with Gasteiger partial charge in [-0.2, -0.15) is 61.5 Å². The lowest BCUT2D eigenvalue weighted by atomic mass is 9.89. The predicted octanol–water partition coefficient (Wildman–Crippen LogP) is 4.41. The van der Waals surface area contributed by atoms with Crippen molar-refractivity contribution in [1.29, 1.82) is 0 Å². The lowest BCUT2D eigenvalue weighted by Crippen LogP contribution is -2.73. The molecule has 0 radical (unpaired) electrons. The summed E-state index contributed by atoms with van der Waals surface area (Å²) in [5.41, 5.74) is 0.176. The van der Waals surface area contributed by atoms with E-state index in [-0.39, 0.29) is 5.57 Å². The number of aliphatic hydroxyl groups is 2. The number of alkyl halides is 14. The Morgan fingerprint density at radius 3 is 1.10 bits per heavy atom. The van der Waals surface area contributed by atoms with E-state index in [0.29, 0.717) is 0 Å². The van der Waals surface area contributed by atoms with Crippen LogP contribution < -0.4 is 0 Å². The molecule has 0 aliphatic rings. The molecule has 0 amide bonds. The Hall–Kier alpha value is -1.85. The van der Waals surface area contributed by atoms with Crippen LogP contribution in [0.2, 0.25) is 0 Å². The largest absolute Gasteiger partial charge is 0.478 e. The van der Waals surface area contributed by atoms with E-state index in [2.05, 4.69) is 6.58 Å². The minimum atomic E-state index is -8.19. The van der Waals surface area contributed by atoms with E-state index >= 15 is 0 Å². The molecule has 0 aliphatic heterocycles. The summed E-state index contributed by atoms with van der Waals surface area (Å²) in [6.07, 6.45) is -4.83. The van der Waals surface area contributed by atoms with Gasteiger partial charge in [0.2, 0.25) is 6.29 Å². The molecule has 0 saturated heterocycles. The average molecular weight is 498 g/mol. The number of carboxylic acids is 1. The maximum absolute atomic E-state index is 13.0. The lowest BCUT2D eigenvalue weighted by Gasteiger charge is -2.42. The van der Waals surface area contributed by atoms with Crippen molar-refractivity contribution in [2.45, 2.75) is 61.6 Å². The van der Waals surface area contributed by atoms with Crippen LogP contribution in [0.3, 0.4) is 0 Å². The van der Waals surface area contributed by atoms with Crippen LogP contribution in [0.1, 0.15) is 13.8 Å². The van der Waals surface area contributed by atoms with Gasteiger partial charge in [-0.1, -0.05) is 6.58 Å². The maximum Gasteiger partial charge on any atom is 0.384 e. The van der Waals surface area contributed by atoms with Gasteiger partial charge < -0.3 is 15.3 Å². The van der Waals surface area contributed by atoms with Gasteiger partial charge in [0.15, 0.2) is 0 Å². The van der Waals surface area contributed by atoms with Crippen LogP contribution in [0, 0.1) is 0 Å². The van der Waals surface area contributed by atoms with Crippen LogP contribution in [-0.4, -0.2) is 69.0 Å². The summed E-state index contributed by atoms with van der Waals surface area (Å²) in [6.45, 7) is 3.45. The molecule has 0 saturated carbocycles. The van der Waals surface area contributed by atoms with E-state index in [1.807, 2.05) is 0 Å². The Balaban J connectivity index is 0. The second kappa shape index (κ2) is 8.59. The Kier molecular flexibility index (Phi) is 8.68. The summed E-state index contributed by atoms with van der Waals surface area (Å²) in [4.78, 5) is 9.60. The first kappa shape index (κ1) is 31.3. The normalized spacial score (nSPS) is 14.8. The molecule has 4 nitrogen and oxygen atoms in total. The number of carbonyl (C=O) groups is 1. The van der Waals surface area contributed by atoms with Gasteiger partial charge >= 0.3 is 47.4 Å².